The first kappa shape index (κ1) is 10.4. The average Bonchev–Trinajstić information content (AvgIpc) is 2.67. The third-order valence-corrected chi connectivity index (χ3v) is 3.50. The van der Waals surface area contributed by atoms with E-state index in [1.165, 1.54) is 36.3 Å². The minimum atomic E-state index is -0.375. The predicted octanol–water partition coefficient (Wildman–Crippen LogP) is 2.88. The number of carbonyl (C=O) groups is 1. The highest BCUT2D eigenvalue weighted by Crippen LogP contribution is 2.27. The summed E-state index contributed by atoms with van der Waals surface area (Å²) >= 11 is 1.36. The summed E-state index contributed by atoms with van der Waals surface area (Å²) in [7, 11) is 0. The van der Waals surface area contributed by atoms with Crippen LogP contribution >= 0.6 is 11.3 Å². The molecule has 0 aromatic carbocycles. The highest BCUT2D eigenvalue weighted by Gasteiger charge is 2.11. The van der Waals surface area contributed by atoms with Gasteiger partial charge in [0.05, 0.1) is 5.69 Å². The number of carbonyl (C=O) groups excluding carboxylic acids is 1. The van der Waals surface area contributed by atoms with Gasteiger partial charge >= 0.3 is 0 Å². The van der Waals surface area contributed by atoms with Crippen LogP contribution < -0.4 is 5.73 Å². The number of primary amides is 1. The van der Waals surface area contributed by atoms with Crippen molar-refractivity contribution >= 4 is 28.6 Å². The fourth-order valence-corrected chi connectivity index (χ4v) is 2.50. The Balaban J connectivity index is 2.21. The van der Waals surface area contributed by atoms with Gasteiger partial charge in [-0.3, -0.25) is 9.79 Å². The largest absolute Gasteiger partial charge is 0.365 e. The highest BCUT2D eigenvalue weighted by atomic mass is 32.1. The first-order valence-electron chi connectivity index (χ1n) is 5.21. The van der Waals surface area contributed by atoms with Crippen molar-refractivity contribution in [1.29, 1.82) is 0 Å². The van der Waals surface area contributed by atoms with Crippen molar-refractivity contribution in [2.45, 2.75) is 32.1 Å². The van der Waals surface area contributed by atoms with E-state index in [1.807, 2.05) is 11.4 Å². The normalized spacial score (nSPS) is 16.4. The molecule has 2 rings (SSSR count). The highest BCUT2D eigenvalue weighted by molar-refractivity contribution is 7.12. The van der Waals surface area contributed by atoms with Crippen molar-refractivity contribution in [1.82, 2.24) is 0 Å². The van der Waals surface area contributed by atoms with Crippen LogP contribution in [-0.4, -0.2) is 11.6 Å². The maximum Gasteiger partial charge on any atom is 0.260 e. The minimum Gasteiger partial charge on any atom is -0.365 e. The molecule has 1 aromatic heterocycles. The fraction of sp³-hybridized carbons (Fsp3) is 0.455. The van der Waals surface area contributed by atoms with Crippen LogP contribution in [0.1, 0.15) is 41.8 Å². The number of hydrogen-bond acceptors (Lipinski definition) is 3. The molecule has 0 aliphatic heterocycles. The lowest BCUT2D eigenvalue weighted by molar-refractivity contribution is 0.100. The van der Waals surface area contributed by atoms with Crippen LogP contribution in [0, 0.1) is 0 Å². The molecule has 15 heavy (non-hydrogen) atoms. The van der Waals surface area contributed by atoms with Crippen LogP contribution in [-0.2, 0) is 0 Å². The van der Waals surface area contributed by atoms with E-state index in [-0.39, 0.29) is 5.91 Å². The molecule has 3 nitrogen and oxygen atoms in total. The predicted molar refractivity (Wildman–Crippen MR) is 63.0 cm³/mol. The molecule has 1 aliphatic rings. The van der Waals surface area contributed by atoms with Gasteiger partial charge in [0.1, 0.15) is 4.88 Å². The second-order valence-corrected chi connectivity index (χ2v) is 4.65. The van der Waals surface area contributed by atoms with Crippen molar-refractivity contribution < 1.29 is 4.79 Å². The molecule has 0 atom stereocenters. The number of nitrogens with zero attached hydrogens (tertiary/aromatic N) is 1. The summed E-state index contributed by atoms with van der Waals surface area (Å²) in [6.45, 7) is 0. The molecule has 1 fully saturated rings. The molecule has 1 amide bonds. The molecule has 0 radical (unpaired) electrons. The number of aliphatic imine (C=N–C) groups is 1. The van der Waals surface area contributed by atoms with E-state index in [0.29, 0.717) is 4.88 Å². The molecule has 80 valence electrons. The van der Waals surface area contributed by atoms with E-state index < -0.39 is 0 Å². The maximum atomic E-state index is 11.1. The molecule has 0 spiro atoms. The number of thiophene rings is 1. The molecular weight excluding hydrogens is 208 g/mol. The van der Waals surface area contributed by atoms with Crippen molar-refractivity contribution in [2.75, 3.05) is 0 Å². The number of amides is 1. The average molecular weight is 222 g/mol. The number of rotatable bonds is 2. The molecule has 2 N–H and O–H groups in total. The Morgan fingerprint density at radius 1 is 1.33 bits per heavy atom. The molecule has 4 heteroatoms. The molecule has 1 aromatic rings. The molecule has 1 heterocycles. The smallest absolute Gasteiger partial charge is 0.260 e. The summed E-state index contributed by atoms with van der Waals surface area (Å²) in [5, 5.41) is 1.86. The van der Waals surface area contributed by atoms with Gasteiger partial charge in [-0.25, -0.2) is 0 Å². The lowest BCUT2D eigenvalue weighted by atomic mass is 9.98. The second kappa shape index (κ2) is 4.57. The van der Waals surface area contributed by atoms with Crippen molar-refractivity contribution in [3.05, 3.63) is 16.3 Å². The zero-order valence-corrected chi connectivity index (χ0v) is 9.35. The van der Waals surface area contributed by atoms with Crippen molar-refractivity contribution in [3.8, 4) is 0 Å². The first-order valence-corrected chi connectivity index (χ1v) is 6.09. The van der Waals surface area contributed by atoms with Crippen LogP contribution in [0.4, 0.5) is 5.69 Å². The third-order valence-electron chi connectivity index (χ3n) is 2.58. The summed E-state index contributed by atoms with van der Waals surface area (Å²) in [6.07, 6.45) is 5.86. The summed E-state index contributed by atoms with van der Waals surface area (Å²) in [4.78, 5) is 16.2. The maximum absolute atomic E-state index is 11.1. The summed E-state index contributed by atoms with van der Waals surface area (Å²) in [5.41, 5.74) is 7.23. The Morgan fingerprint density at radius 2 is 2.07 bits per heavy atom. The Morgan fingerprint density at radius 3 is 2.73 bits per heavy atom. The molecule has 1 saturated carbocycles. The van der Waals surface area contributed by atoms with Crippen LogP contribution in [0.15, 0.2) is 16.4 Å². The van der Waals surface area contributed by atoms with E-state index in [2.05, 4.69) is 4.99 Å². The lowest BCUT2D eigenvalue weighted by Gasteiger charge is -2.11. The van der Waals surface area contributed by atoms with Crippen LogP contribution in [0.2, 0.25) is 0 Å². The number of nitrogens with two attached hydrogens (primary N) is 1. The minimum absolute atomic E-state index is 0.375. The van der Waals surface area contributed by atoms with Gasteiger partial charge in [0.25, 0.3) is 5.91 Å². The van der Waals surface area contributed by atoms with E-state index in [0.717, 1.165) is 18.5 Å². The summed E-state index contributed by atoms with van der Waals surface area (Å²) < 4.78 is 0. The van der Waals surface area contributed by atoms with E-state index in [4.69, 9.17) is 5.73 Å². The molecule has 0 unspecified atom stereocenters. The zero-order valence-electron chi connectivity index (χ0n) is 8.53. The van der Waals surface area contributed by atoms with Gasteiger partial charge in [-0.15, -0.1) is 11.3 Å². The first-order chi connectivity index (χ1) is 7.27. The van der Waals surface area contributed by atoms with Crippen LogP contribution in [0.3, 0.4) is 0 Å². The molecule has 1 aliphatic carbocycles. The Bertz CT molecular complexity index is 387. The Kier molecular flexibility index (Phi) is 3.16. The van der Waals surface area contributed by atoms with E-state index in [1.54, 1.807) is 0 Å². The summed E-state index contributed by atoms with van der Waals surface area (Å²) in [6, 6.07) is 1.87. The monoisotopic (exact) mass is 222 g/mol. The number of hydrogen-bond donors (Lipinski definition) is 1. The molecule has 0 bridgehead atoms. The van der Waals surface area contributed by atoms with Crippen LogP contribution in [0.25, 0.3) is 0 Å². The van der Waals surface area contributed by atoms with Gasteiger partial charge in [0, 0.05) is 5.71 Å². The van der Waals surface area contributed by atoms with Gasteiger partial charge in [-0.1, -0.05) is 6.42 Å². The van der Waals surface area contributed by atoms with Gasteiger partial charge in [-0.2, -0.15) is 0 Å². The lowest BCUT2D eigenvalue weighted by Crippen LogP contribution is -2.09. The van der Waals surface area contributed by atoms with Crippen molar-refractivity contribution in [3.63, 3.8) is 0 Å². The fourth-order valence-electron chi connectivity index (χ4n) is 1.82. The Hall–Kier alpha value is -1.16. The van der Waals surface area contributed by atoms with Crippen LogP contribution in [0.5, 0.6) is 0 Å². The second-order valence-electron chi connectivity index (χ2n) is 3.74. The summed E-state index contributed by atoms with van der Waals surface area (Å²) in [5.74, 6) is -0.375. The van der Waals surface area contributed by atoms with Gasteiger partial charge in [0.2, 0.25) is 0 Å². The Labute approximate surface area is 93.0 Å². The van der Waals surface area contributed by atoms with Crippen molar-refractivity contribution in [2.24, 2.45) is 10.7 Å². The zero-order chi connectivity index (χ0) is 10.7. The third kappa shape index (κ3) is 2.45. The van der Waals surface area contributed by atoms with Gasteiger partial charge in [-0.05, 0) is 37.1 Å². The standard InChI is InChI=1S/C11H14N2OS/c12-11(14)10-9(6-7-15-10)13-8-4-2-1-3-5-8/h6-7H,1-5H2,(H2,12,14). The van der Waals surface area contributed by atoms with Gasteiger partial charge in [0.15, 0.2) is 0 Å². The topological polar surface area (TPSA) is 55.5 Å². The van der Waals surface area contributed by atoms with E-state index in [9.17, 15) is 4.79 Å². The quantitative estimate of drug-likeness (QED) is 0.821. The molecule has 0 saturated heterocycles. The van der Waals surface area contributed by atoms with E-state index >= 15 is 0 Å². The van der Waals surface area contributed by atoms with Gasteiger partial charge < -0.3 is 5.73 Å². The SMILES string of the molecule is NC(=O)c1sccc1N=C1CCCCC1. The molecular formula is C11H14N2OS.